The molecule has 0 N–H and O–H groups in total. The lowest BCUT2D eigenvalue weighted by molar-refractivity contribution is 0.248. The van der Waals surface area contributed by atoms with Gasteiger partial charge in [0.2, 0.25) is 0 Å². The zero-order valence-electron chi connectivity index (χ0n) is 14.4. The van der Waals surface area contributed by atoms with Crippen LogP contribution in [0.25, 0.3) is 0 Å². The molecule has 0 bridgehead atoms. The van der Waals surface area contributed by atoms with Crippen molar-refractivity contribution in [1.29, 1.82) is 0 Å². The molecule has 122 valence electrons. The lowest BCUT2D eigenvalue weighted by Crippen LogP contribution is -2.46. The van der Waals surface area contributed by atoms with Gasteiger partial charge in [-0.05, 0) is 37.1 Å². The molecule has 0 atom stereocenters. The zero-order valence-corrected chi connectivity index (χ0v) is 14.4. The van der Waals surface area contributed by atoms with E-state index in [0.717, 1.165) is 38.5 Å². The highest BCUT2D eigenvalue weighted by Gasteiger charge is 2.19. The Kier molecular flexibility index (Phi) is 4.87. The number of rotatable bonds is 4. The van der Waals surface area contributed by atoms with Crippen molar-refractivity contribution in [3.05, 3.63) is 59.2 Å². The van der Waals surface area contributed by atoms with Gasteiger partial charge in [-0.1, -0.05) is 35.9 Å². The Morgan fingerprint density at radius 2 is 1.70 bits per heavy atom. The van der Waals surface area contributed by atoms with Crippen molar-refractivity contribution in [2.24, 2.45) is 0 Å². The first-order chi connectivity index (χ1) is 11.2. The monoisotopic (exact) mass is 310 g/mol. The molecule has 3 nitrogen and oxygen atoms in total. The number of para-hydroxylation sites is 2. The van der Waals surface area contributed by atoms with Crippen molar-refractivity contribution in [1.82, 2.24) is 4.90 Å². The van der Waals surface area contributed by atoms with Gasteiger partial charge in [-0.2, -0.15) is 0 Å². The molecule has 1 aliphatic rings. The van der Waals surface area contributed by atoms with E-state index in [-0.39, 0.29) is 0 Å². The summed E-state index contributed by atoms with van der Waals surface area (Å²) in [6.07, 6.45) is 0. The summed E-state index contributed by atoms with van der Waals surface area (Å²) in [7, 11) is 1.75. The number of hydrogen-bond acceptors (Lipinski definition) is 3. The van der Waals surface area contributed by atoms with Crippen molar-refractivity contribution in [2.75, 3.05) is 38.2 Å². The average Bonchev–Trinajstić information content (AvgIpc) is 2.58. The van der Waals surface area contributed by atoms with Gasteiger partial charge in [0.25, 0.3) is 0 Å². The number of hydrogen-bond donors (Lipinski definition) is 0. The molecule has 1 aliphatic heterocycles. The predicted octanol–water partition coefficient (Wildman–Crippen LogP) is 3.63. The summed E-state index contributed by atoms with van der Waals surface area (Å²) < 4.78 is 5.49. The van der Waals surface area contributed by atoms with Gasteiger partial charge in [-0.25, -0.2) is 0 Å². The van der Waals surface area contributed by atoms with Crippen LogP contribution in [0.15, 0.2) is 42.5 Å². The molecule has 2 aromatic carbocycles. The first-order valence-corrected chi connectivity index (χ1v) is 8.34. The SMILES string of the molecule is COc1ccccc1N1CCN(Cc2ccc(C)cc2C)CC1. The minimum Gasteiger partial charge on any atom is -0.495 e. The molecular formula is C20H26N2O. The molecule has 1 heterocycles. The standard InChI is InChI=1S/C20H26N2O/c1-16-8-9-18(17(2)14-16)15-21-10-12-22(13-11-21)19-6-4-5-7-20(19)23-3/h4-9,14H,10-13,15H2,1-3H3. The van der Waals surface area contributed by atoms with Crippen molar-refractivity contribution in [3.8, 4) is 5.75 Å². The highest BCUT2D eigenvalue weighted by atomic mass is 16.5. The number of piperazine rings is 1. The molecule has 1 fully saturated rings. The number of aryl methyl sites for hydroxylation is 2. The van der Waals surface area contributed by atoms with E-state index >= 15 is 0 Å². The van der Waals surface area contributed by atoms with Gasteiger partial charge in [-0.15, -0.1) is 0 Å². The van der Waals surface area contributed by atoms with E-state index in [4.69, 9.17) is 4.74 Å². The molecule has 0 saturated carbocycles. The first kappa shape index (κ1) is 15.9. The minimum absolute atomic E-state index is 0.968. The second-order valence-electron chi connectivity index (χ2n) is 6.36. The summed E-state index contributed by atoms with van der Waals surface area (Å²) in [4.78, 5) is 4.97. The minimum atomic E-state index is 0.968. The maximum Gasteiger partial charge on any atom is 0.142 e. The maximum atomic E-state index is 5.49. The third kappa shape index (κ3) is 3.67. The van der Waals surface area contributed by atoms with Crippen LogP contribution in [0.2, 0.25) is 0 Å². The van der Waals surface area contributed by atoms with Crippen LogP contribution in [0.3, 0.4) is 0 Å². The highest BCUT2D eigenvalue weighted by molar-refractivity contribution is 5.58. The molecule has 3 heteroatoms. The van der Waals surface area contributed by atoms with E-state index in [1.54, 1.807) is 7.11 Å². The van der Waals surface area contributed by atoms with E-state index in [2.05, 4.69) is 54.0 Å². The fraction of sp³-hybridized carbons (Fsp3) is 0.400. The Balaban J connectivity index is 1.62. The Morgan fingerprint density at radius 1 is 0.957 bits per heavy atom. The zero-order chi connectivity index (χ0) is 16.2. The quantitative estimate of drug-likeness (QED) is 0.857. The largest absolute Gasteiger partial charge is 0.495 e. The molecule has 0 spiro atoms. The number of methoxy groups -OCH3 is 1. The Bertz CT molecular complexity index is 660. The summed E-state index contributed by atoms with van der Waals surface area (Å²) in [5.74, 6) is 0.968. The van der Waals surface area contributed by atoms with Gasteiger partial charge in [-0.3, -0.25) is 4.90 Å². The van der Waals surface area contributed by atoms with Crippen LogP contribution in [0.5, 0.6) is 5.75 Å². The number of anilines is 1. The highest BCUT2D eigenvalue weighted by Crippen LogP contribution is 2.28. The molecule has 23 heavy (non-hydrogen) atoms. The molecule has 0 aliphatic carbocycles. The summed E-state index contributed by atoms with van der Waals surface area (Å²) in [6.45, 7) is 9.69. The van der Waals surface area contributed by atoms with Gasteiger partial charge in [0.15, 0.2) is 0 Å². The van der Waals surface area contributed by atoms with Crippen LogP contribution in [0.1, 0.15) is 16.7 Å². The van der Waals surface area contributed by atoms with Crippen LogP contribution >= 0.6 is 0 Å². The van der Waals surface area contributed by atoms with Crippen LogP contribution in [-0.4, -0.2) is 38.2 Å². The molecule has 0 unspecified atom stereocenters. The summed E-state index contributed by atoms with van der Waals surface area (Å²) >= 11 is 0. The van der Waals surface area contributed by atoms with Crippen molar-refractivity contribution in [2.45, 2.75) is 20.4 Å². The molecule has 0 amide bonds. The molecule has 0 radical (unpaired) electrons. The number of nitrogens with zero attached hydrogens (tertiary/aromatic N) is 2. The Labute approximate surface area is 139 Å². The third-order valence-electron chi connectivity index (χ3n) is 4.69. The summed E-state index contributed by atoms with van der Waals surface area (Å²) in [5, 5.41) is 0. The lowest BCUT2D eigenvalue weighted by Gasteiger charge is -2.36. The van der Waals surface area contributed by atoms with E-state index < -0.39 is 0 Å². The predicted molar refractivity (Wildman–Crippen MR) is 96.4 cm³/mol. The van der Waals surface area contributed by atoms with Crippen LogP contribution in [0, 0.1) is 13.8 Å². The smallest absolute Gasteiger partial charge is 0.142 e. The van der Waals surface area contributed by atoms with Crippen LogP contribution in [-0.2, 0) is 6.54 Å². The summed E-state index contributed by atoms with van der Waals surface area (Å²) in [6, 6.07) is 15.1. The lowest BCUT2D eigenvalue weighted by atomic mass is 10.0. The van der Waals surface area contributed by atoms with Gasteiger partial charge in [0.1, 0.15) is 5.75 Å². The van der Waals surface area contributed by atoms with Gasteiger partial charge in [0, 0.05) is 32.7 Å². The fourth-order valence-corrected chi connectivity index (χ4v) is 3.30. The number of benzene rings is 2. The van der Waals surface area contributed by atoms with E-state index in [1.165, 1.54) is 22.4 Å². The van der Waals surface area contributed by atoms with E-state index in [1.807, 2.05) is 12.1 Å². The normalized spacial score (nSPS) is 15.7. The Hall–Kier alpha value is -2.00. The number of ether oxygens (including phenoxy) is 1. The molecule has 2 aromatic rings. The maximum absolute atomic E-state index is 5.49. The van der Waals surface area contributed by atoms with Crippen molar-refractivity contribution in [3.63, 3.8) is 0 Å². The molecular weight excluding hydrogens is 284 g/mol. The average molecular weight is 310 g/mol. The first-order valence-electron chi connectivity index (χ1n) is 8.34. The van der Waals surface area contributed by atoms with Gasteiger partial charge in [0.05, 0.1) is 12.8 Å². The van der Waals surface area contributed by atoms with Crippen LogP contribution in [0.4, 0.5) is 5.69 Å². The molecule has 1 saturated heterocycles. The molecule has 3 rings (SSSR count). The Morgan fingerprint density at radius 3 is 2.39 bits per heavy atom. The van der Waals surface area contributed by atoms with Crippen LogP contribution < -0.4 is 9.64 Å². The van der Waals surface area contributed by atoms with E-state index in [9.17, 15) is 0 Å². The second-order valence-corrected chi connectivity index (χ2v) is 6.36. The van der Waals surface area contributed by atoms with Gasteiger partial charge < -0.3 is 9.64 Å². The van der Waals surface area contributed by atoms with Crippen molar-refractivity contribution < 1.29 is 4.74 Å². The van der Waals surface area contributed by atoms with Crippen molar-refractivity contribution >= 4 is 5.69 Å². The fourth-order valence-electron chi connectivity index (χ4n) is 3.30. The second kappa shape index (κ2) is 7.05. The third-order valence-corrected chi connectivity index (χ3v) is 4.69. The van der Waals surface area contributed by atoms with Gasteiger partial charge >= 0.3 is 0 Å². The topological polar surface area (TPSA) is 15.7 Å². The summed E-state index contributed by atoms with van der Waals surface area (Å²) in [5.41, 5.74) is 5.40. The molecule has 0 aromatic heterocycles. The van der Waals surface area contributed by atoms with E-state index in [0.29, 0.717) is 0 Å².